The van der Waals surface area contributed by atoms with Crippen LogP contribution in [0.25, 0.3) is 0 Å². The van der Waals surface area contributed by atoms with Crippen molar-refractivity contribution in [3.8, 4) is 0 Å². The van der Waals surface area contributed by atoms with Crippen LogP contribution in [0.1, 0.15) is 23.1 Å². The summed E-state index contributed by atoms with van der Waals surface area (Å²) in [4.78, 5) is 34.6. The van der Waals surface area contributed by atoms with Gasteiger partial charge in [-0.25, -0.2) is 9.29 Å². The fourth-order valence-corrected chi connectivity index (χ4v) is 4.89. The van der Waals surface area contributed by atoms with Crippen LogP contribution in [0.5, 0.6) is 0 Å². The van der Waals surface area contributed by atoms with Crippen LogP contribution in [0.2, 0.25) is 0 Å². The number of aromatic nitrogens is 1. The van der Waals surface area contributed by atoms with Gasteiger partial charge in [0.1, 0.15) is 17.6 Å². The lowest BCUT2D eigenvalue weighted by Gasteiger charge is -2.42. The molecule has 0 aliphatic carbocycles. The van der Waals surface area contributed by atoms with Gasteiger partial charge in [-0.15, -0.1) is 22.7 Å². The van der Waals surface area contributed by atoms with E-state index in [0.717, 1.165) is 11.3 Å². The Kier molecular flexibility index (Phi) is 6.25. The second-order valence-corrected chi connectivity index (χ2v) is 9.48. The summed E-state index contributed by atoms with van der Waals surface area (Å²) in [6, 6.07) is -0.543. The molecule has 0 unspecified atom stereocenters. The molecule has 0 radical (unpaired) electrons. The number of carbonyl (C=O) groups excluding carboxylic acids is 2. The average molecular weight is 488 g/mol. The summed E-state index contributed by atoms with van der Waals surface area (Å²) in [6.45, 7) is 1.32. The first-order chi connectivity index (χ1) is 14.5. The van der Waals surface area contributed by atoms with Crippen LogP contribution in [0.15, 0.2) is 22.0 Å². The lowest BCUT2D eigenvalue weighted by Crippen LogP contribution is -2.71. The van der Waals surface area contributed by atoms with Crippen molar-refractivity contribution in [3.05, 3.63) is 33.0 Å². The number of β-lactam (4-membered cyclic amide) rings is 1. The molecule has 0 saturated carbocycles. The first kappa shape index (κ1) is 22.6. The van der Waals surface area contributed by atoms with E-state index in [1.807, 2.05) is 0 Å². The Morgan fingerprint density at radius 3 is 2.68 bits per heavy atom. The SMILES string of the molecule is C[C@H]1[C@H](NC(=O)/C(=N\OCc2cc(C(=N)N)cs2)c2csc(N)n2)C(=O)N1S(=O)(=O)O. The number of hydrogen-bond acceptors (Lipinski definition) is 11. The Morgan fingerprint density at radius 1 is 1.45 bits per heavy atom. The van der Waals surface area contributed by atoms with Gasteiger partial charge in [0, 0.05) is 21.2 Å². The van der Waals surface area contributed by atoms with E-state index >= 15 is 0 Å². The quantitative estimate of drug-likeness (QED) is 0.107. The minimum absolute atomic E-state index is 0.0242. The highest BCUT2D eigenvalue weighted by molar-refractivity contribution is 7.84. The van der Waals surface area contributed by atoms with Crippen molar-refractivity contribution in [2.75, 3.05) is 5.73 Å². The zero-order chi connectivity index (χ0) is 22.9. The molecule has 16 heteroatoms. The molecule has 0 aromatic carbocycles. The molecule has 31 heavy (non-hydrogen) atoms. The van der Waals surface area contributed by atoms with Gasteiger partial charge in [0.05, 0.1) is 6.04 Å². The van der Waals surface area contributed by atoms with Gasteiger partial charge in [-0.3, -0.25) is 19.6 Å². The van der Waals surface area contributed by atoms with Gasteiger partial charge in [0.25, 0.3) is 11.8 Å². The highest BCUT2D eigenvalue weighted by atomic mass is 32.2. The minimum Gasteiger partial charge on any atom is -0.389 e. The molecule has 0 spiro atoms. The molecule has 1 aliphatic heterocycles. The number of amidine groups is 1. The summed E-state index contributed by atoms with van der Waals surface area (Å²) >= 11 is 2.34. The smallest absolute Gasteiger partial charge is 0.362 e. The number of nitrogens with one attached hydrogen (secondary N) is 2. The molecular formula is C15H17N7O6S3. The minimum atomic E-state index is -4.72. The van der Waals surface area contributed by atoms with E-state index < -0.39 is 34.2 Å². The largest absolute Gasteiger partial charge is 0.389 e. The number of anilines is 1. The summed E-state index contributed by atoms with van der Waals surface area (Å²) in [7, 11) is -4.72. The Hall–Kier alpha value is -3.08. The van der Waals surface area contributed by atoms with Crippen LogP contribution in [-0.4, -0.2) is 57.7 Å². The maximum absolute atomic E-state index is 12.7. The third-order valence-electron chi connectivity index (χ3n) is 4.18. The second kappa shape index (κ2) is 8.58. The van der Waals surface area contributed by atoms with Crippen molar-refractivity contribution in [2.45, 2.75) is 25.6 Å². The summed E-state index contributed by atoms with van der Waals surface area (Å²) in [5.41, 5.74) is 11.4. The Bertz CT molecular complexity index is 1170. The molecule has 2 aromatic heterocycles. The zero-order valence-electron chi connectivity index (χ0n) is 15.8. The van der Waals surface area contributed by atoms with Crippen molar-refractivity contribution in [3.63, 3.8) is 0 Å². The fraction of sp³-hybridized carbons (Fsp3) is 0.267. The first-order valence-electron chi connectivity index (χ1n) is 8.43. The highest BCUT2D eigenvalue weighted by Gasteiger charge is 2.51. The van der Waals surface area contributed by atoms with Crippen molar-refractivity contribution in [1.29, 1.82) is 5.41 Å². The second-order valence-electron chi connectivity index (χ2n) is 6.30. The Balaban J connectivity index is 1.74. The summed E-state index contributed by atoms with van der Waals surface area (Å²) in [5.74, 6) is -1.93. The predicted molar refractivity (Wildman–Crippen MR) is 113 cm³/mol. The fourth-order valence-electron chi connectivity index (χ4n) is 2.67. The van der Waals surface area contributed by atoms with Crippen molar-refractivity contribution < 1.29 is 27.4 Å². The van der Waals surface area contributed by atoms with Crippen molar-refractivity contribution in [2.24, 2.45) is 10.9 Å². The molecule has 7 N–H and O–H groups in total. The number of oxime groups is 1. The Labute approximate surface area is 184 Å². The molecule has 13 nitrogen and oxygen atoms in total. The first-order valence-corrected chi connectivity index (χ1v) is 11.6. The monoisotopic (exact) mass is 487 g/mol. The van der Waals surface area contributed by atoms with E-state index in [9.17, 15) is 18.0 Å². The molecule has 1 aliphatic rings. The number of nitrogens with two attached hydrogens (primary N) is 2. The van der Waals surface area contributed by atoms with Gasteiger partial charge >= 0.3 is 10.3 Å². The lowest BCUT2D eigenvalue weighted by molar-refractivity contribution is -0.143. The standard InChI is InChI=1S/C15H17N7O6S3/c1-6-10(14(24)22(6)31(25,26)27)20-13(23)11(9-5-30-15(18)19-9)21-28-3-8-2-7(4-29-8)12(16)17/h2,4-6,10H,3H2,1H3,(H3,16,17)(H2,18,19)(H,20,23)(H,25,26,27)/b21-11-/t6-,10-/m0/s1. The number of nitrogens with zero attached hydrogens (tertiary/aromatic N) is 3. The summed E-state index contributed by atoms with van der Waals surface area (Å²) < 4.78 is 31.7. The van der Waals surface area contributed by atoms with Crippen LogP contribution >= 0.6 is 22.7 Å². The highest BCUT2D eigenvalue weighted by Crippen LogP contribution is 2.23. The van der Waals surface area contributed by atoms with Gasteiger partial charge in [-0.05, 0) is 13.0 Å². The number of rotatable bonds is 8. The molecule has 0 bridgehead atoms. The molecule has 3 rings (SSSR count). The molecule has 3 heterocycles. The zero-order valence-corrected chi connectivity index (χ0v) is 18.3. The number of hydrogen-bond donors (Lipinski definition) is 5. The van der Waals surface area contributed by atoms with Crippen LogP contribution in [0, 0.1) is 5.41 Å². The van der Waals surface area contributed by atoms with Gasteiger partial charge < -0.3 is 21.6 Å². The van der Waals surface area contributed by atoms with Crippen molar-refractivity contribution in [1.82, 2.24) is 14.6 Å². The van der Waals surface area contributed by atoms with Gasteiger partial charge in [0.2, 0.25) is 0 Å². The molecule has 2 aromatic rings. The normalized spacial score (nSPS) is 19.1. The molecule has 2 amide bonds. The molecular weight excluding hydrogens is 470 g/mol. The van der Waals surface area contributed by atoms with Gasteiger partial charge in [-0.2, -0.15) is 8.42 Å². The summed E-state index contributed by atoms with van der Waals surface area (Å²) in [6.07, 6.45) is 0. The van der Waals surface area contributed by atoms with Crippen LogP contribution < -0.4 is 16.8 Å². The van der Waals surface area contributed by atoms with Crippen LogP contribution in [-0.2, 0) is 31.3 Å². The Morgan fingerprint density at radius 2 is 2.16 bits per heavy atom. The summed E-state index contributed by atoms with van der Waals surface area (Å²) in [5, 5.41) is 16.9. The lowest BCUT2D eigenvalue weighted by atomic mass is 10.0. The number of carbonyl (C=O) groups is 2. The third-order valence-corrected chi connectivity index (χ3v) is 6.77. The van der Waals surface area contributed by atoms with E-state index in [1.54, 1.807) is 11.4 Å². The van der Waals surface area contributed by atoms with Crippen LogP contribution in [0.3, 0.4) is 0 Å². The van der Waals surface area contributed by atoms with E-state index in [2.05, 4.69) is 15.5 Å². The van der Waals surface area contributed by atoms with E-state index in [-0.39, 0.29) is 33.3 Å². The number of amides is 2. The van der Waals surface area contributed by atoms with Gasteiger partial charge in [-0.1, -0.05) is 5.16 Å². The maximum atomic E-state index is 12.7. The third kappa shape index (κ3) is 4.82. The molecule has 166 valence electrons. The van der Waals surface area contributed by atoms with Crippen molar-refractivity contribution >= 4 is 61.5 Å². The number of thiazole rings is 1. The number of nitrogen functional groups attached to an aromatic ring is 2. The molecule has 1 fully saturated rings. The topological polar surface area (TPSA) is 214 Å². The van der Waals surface area contributed by atoms with Crippen LogP contribution in [0.4, 0.5) is 5.13 Å². The number of thiophene rings is 1. The molecule has 1 saturated heterocycles. The average Bonchev–Trinajstić information content (AvgIpc) is 3.31. The van der Waals surface area contributed by atoms with E-state index in [0.29, 0.717) is 10.4 Å². The van der Waals surface area contributed by atoms with Gasteiger partial charge in [0.15, 0.2) is 17.5 Å². The van der Waals surface area contributed by atoms with E-state index in [4.69, 9.17) is 26.3 Å². The maximum Gasteiger partial charge on any atom is 0.362 e. The van der Waals surface area contributed by atoms with E-state index in [1.165, 1.54) is 23.6 Å². The molecule has 2 atom stereocenters. The predicted octanol–water partition coefficient (Wildman–Crippen LogP) is -0.490.